The summed E-state index contributed by atoms with van der Waals surface area (Å²) in [4.78, 5) is 38.9. The first kappa shape index (κ1) is 32.0. The number of hydrogen-bond acceptors (Lipinski definition) is 10. The smallest absolute Gasteiger partial charge is 0.337 e. The summed E-state index contributed by atoms with van der Waals surface area (Å²) in [6, 6.07) is 9.60. The molecule has 246 valence electrons. The number of amides is 1. The van der Waals surface area contributed by atoms with Gasteiger partial charge in [-0.1, -0.05) is 32.1 Å². The summed E-state index contributed by atoms with van der Waals surface area (Å²) in [7, 11) is 4.40. The Morgan fingerprint density at radius 3 is 2.34 bits per heavy atom. The van der Waals surface area contributed by atoms with Crippen LogP contribution in [0.15, 0.2) is 42.7 Å². The van der Waals surface area contributed by atoms with Crippen LogP contribution in [0.1, 0.15) is 90.0 Å². The van der Waals surface area contributed by atoms with Gasteiger partial charge < -0.3 is 30.0 Å². The lowest BCUT2D eigenvalue weighted by Gasteiger charge is -2.23. The fourth-order valence-corrected chi connectivity index (χ4v) is 6.82. The van der Waals surface area contributed by atoms with Crippen LogP contribution >= 0.6 is 0 Å². The molecule has 11 nitrogen and oxygen atoms in total. The fraction of sp³-hybridized carbons (Fsp3) is 0.417. The summed E-state index contributed by atoms with van der Waals surface area (Å²) in [5.41, 5.74) is 10.6. The molecule has 2 fully saturated rings. The second-order valence-corrected chi connectivity index (χ2v) is 12.3. The standard InChI is InChI=1S/C36H41N5O6/c1-44-34-28(18-39-36(41-34)46-3)26-16-30-27(17-31(26)47-20-21-9-5-4-6-10-21)32(29(19-38-30)33(37)42)40-25-14-23(22-11-7-8-12-22)13-24(15-25)35(43)45-2/h13-19,21-22H,4-12,20H2,1-3H3,(H2,37,42)(H,38,40). The lowest BCUT2D eigenvalue weighted by Crippen LogP contribution is -2.16. The number of aromatic nitrogens is 3. The van der Waals surface area contributed by atoms with Crippen molar-refractivity contribution in [2.24, 2.45) is 11.7 Å². The Balaban J connectivity index is 1.50. The number of nitrogens with one attached hydrogen (secondary N) is 1. The summed E-state index contributed by atoms with van der Waals surface area (Å²) >= 11 is 0. The first-order chi connectivity index (χ1) is 22.9. The predicted molar refractivity (Wildman–Crippen MR) is 179 cm³/mol. The van der Waals surface area contributed by atoms with Crippen LogP contribution in [-0.2, 0) is 4.74 Å². The number of esters is 1. The molecular weight excluding hydrogens is 598 g/mol. The van der Waals surface area contributed by atoms with E-state index in [1.807, 2.05) is 24.3 Å². The van der Waals surface area contributed by atoms with Crippen molar-refractivity contribution in [1.82, 2.24) is 15.0 Å². The predicted octanol–water partition coefficient (Wildman–Crippen LogP) is 6.95. The second kappa shape index (κ2) is 14.2. The van der Waals surface area contributed by atoms with Crippen molar-refractivity contribution < 1.29 is 28.5 Å². The molecule has 11 heteroatoms. The highest BCUT2D eigenvalue weighted by Crippen LogP contribution is 2.42. The number of rotatable bonds is 11. The van der Waals surface area contributed by atoms with Crippen molar-refractivity contribution in [3.05, 3.63) is 59.4 Å². The topological polar surface area (TPSA) is 148 Å². The molecular formula is C36H41N5O6. The molecule has 2 heterocycles. The molecule has 0 radical (unpaired) electrons. The highest BCUT2D eigenvalue weighted by Gasteiger charge is 2.24. The van der Waals surface area contributed by atoms with Gasteiger partial charge in [-0.15, -0.1) is 0 Å². The molecule has 2 saturated carbocycles. The van der Waals surface area contributed by atoms with Crippen LogP contribution in [0.5, 0.6) is 17.6 Å². The quantitative estimate of drug-likeness (QED) is 0.165. The molecule has 0 saturated heterocycles. The van der Waals surface area contributed by atoms with E-state index in [-0.39, 0.29) is 11.6 Å². The van der Waals surface area contributed by atoms with Gasteiger partial charge in [0.05, 0.1) is 55.8 Å². The van der Waals surface area contributed by atoms with Crippen molar-refractivity contribution >= 4 is 34.2 Å². The monoisotopic (exact) mass is 639 g/mol. The fourth-order valence-electron chi connectivity index (χ4n) is 6.82. The third-order valence-corrected chi connectivity index (χ3v) is 9.30. The molecule has 4 aromatic rings. The molecule has 0 bridgehead atoms. The van der Waals surface area contributed by atoms with Crippen LogP contribution in [0, 0.1) is 5.92 Å². The number of hydrogen-bond donors (Lipinski definition) is 2. The number of primary amides is 1. The third-order valence-electron chi connectivity index (χ3n) is 9.30. The molecule has 0 aliphatic heterocycles. The Hall–Kier alpha value is -4.93. The summed E-state index contributed by atoms with van der Waals surface area (Å²) in [6.07, 6.45) is 13.3. The molecule has 0 atom stereocenters. The SMILES string of the molecule is COC(=O)c1cc(Nc2c(C(N)=O)cnc3cc(-c4cnc(OC)nc4OC)c(OCC4CCCCC4)cc23)cc(C2CCCC2)c1. The number of methoxy groups -OCH3 is 3. The molecule has 0 unspecified atom stereocenters. The van der Waals surface area contributed by atoms with Gasteiger partial charge >= 0.3 is 12.0 Å². The number of nitrogens with zero attached hydrogens (tertiary/aromatic N) is 3. The zero-order chi connectivity index (χ0) is 32.9. The lowest BCUT2D eigenvalue weighted by atomic mass is 9.90. The molecule has 2 aromatic carbocycles. The van der Waals surface area contributed by atoms with E-state index in [1.54, 1.807) is 12.3 Å². The van der Waals surface area contributed by atoms with Crippen LogP contribution in [0.4, 0.5) is 11.4 Å². The number of anilines is 2. The average Bonchev–Trinajstić information content (AvgIpc) is 3.65. The van der Waals surface area contributed by atoms with Crippen LogP contribution in [-0.4, -0.2) is 54.8 Å². The van der Waals surface area contributed by atoms with E-state index in [0.29, 0.717) is 69.0 Å². The largest absolute Gasteiger partial charge is 0.493 e. The number of nitrogens with two attached hydrogens (primary N) is 1. The Morgan fingerprint density at radius 1 is 0.872 bits per heavy atom. The minimum atomic E-state index is -0.638. The zero-order valence-electron chi connectivity index (χ0n) is 27.1. The average molecular weight is 640 g/mol. The van der Waals surface area contributed by atoms with Gasteiger partial charge in [0.15, 0.2) is 0 Å². The molecule has 6 rings (SSSR count). The van der Waals surface area contributed by atoms with Crippen molar-refractivity contribution in [2.45, 2.75) is 63.7 Å². The number of carbonyl (C=O) groups is 2. The number of benzene rings is 2. The zero-order valence-corrected chi connectivity index (χ0v) is 27.1. The van der Waals surface area contributed by atoms with Gasteiger partial charge in [-0.05, 0) is 73.4 Å². The highest BCUT2D eigenvalue weighted by molar-refractivity contribution is 6.09. The normalized spacial score (nSPS) is 15.4. The van der Waals surface area contributed by atoms with Gasteiger partial charge in [-0.3, -0.25) is 9.78 Å². The van der Waals surface area contributed by atoms with E-state index in [0.717, 1.165) is 44.1 Å². The van der Waals surface area contributed by atoms with E-state index in [2.05, 4.69) is 20.3 Å². The van der Waals surface area contributed by atoms with Crippen molar-refractivity contribution in [2.75, 3.05) is 33.3 Å². The molecule has 0 spiro atoms. The van der Waals surface area contributed by atoms with Crippen LogP contribution in [0.25, 0.3) is 22.0 Å². The van der Waals surface area contributed by atoms with Gasteiger partial charge in [0.25, 0.3) is 5.91 Å². The minimum Gasteiger partial charge on any atom is -0.493 e. The summed E-state index contributed by atoms with van der Waals surface area (Å²) < 4.78 is 22.5. The highest BCUT2D eigenvalue weighted by atomic mass is 16.5. The molecule has 2 aliphatic carbocycles. The van der Waals surface area contributed by atoms with Crippen LogP contribution in [0.2, 0.25) is 0 Å². The first-order valence-corrected chi connectivity index (χ1v) is 16.2. The number of pyridine rings is 1. The number of ether oxygens (including phenoxy) is 4. The number of fused-ring (bicyclic) bond motifs is 1. The van der Waals surface area contributed by atoms with Crippen molar-refractivity contribution in [3.63, 3.8) is 0 Å². The summed E-state index contributed by atoms with van der Waals surface area (Å²) in [6.45, 7) is 0.537. The maximum atomic E-state index is 12.8. The number of carbonyl (C=O) groups excluding carboxylic acids is 2. The third kappa shape index (κ3) is 6.94. The maximum absolute atomic E-state index is 12.8. The lowest BCUT2D eigenvalue weighted by molar-refractivity contribution is 0.0600. The Labute approximate surface area is 274 Å². The van der Waals surface area contributed by atoms with Gasteiger partial charge in [-0.25, -0.2) is 9.78 Å². The molecule has 3 N–H and O–H groups in total. The van der Waals surface area contributed by atoms with E-state index in [1.165, 1.54) is 46.8 Å². The molecule has 1 amide bonds. The van der Waals surface area contributed by atoms with E-state index >= 15 is 0 Å². The van der Waals surface area contributed by atoms with Gasteiger partial charge in [0, 0.05) is 29.0 Å². The van der Waals surface area contributed by atoms with Gasteiger partial charge in [0.1, 0.15) is 5.75 Å². The maximum Gasteiger partial charge on any atom is 0.337 e. The first-order valence-electron chi connectivity index (χ1n) is 16.2. The summed E-state index contributed by atoms with van der Waals surface area (Å²) in [5, 5.41) is 4.07. The minimum absolute atomic E-state index is 0.179. The second-order valence-electron chi connectivity index (χ2n) is 12.3. The van der Waals surface area contributed by atoms with Crippen LogP contribution in [0.3, 0.4) is 0 Å². The van der Waals surface area contributed by atoms with E-state index in [9.17, 15) is 9.59 Å². The summed E-state index contributed by atoms with van der Waals surface area (Å²) in [5.74, 6) is 0.599. The van der Waals surface area contributed by atoms with Gasteiger partial charge in [-0.2, -0.15) is 4.98 Å². The van der Waals surface area contributed by atoms with Crippen molar-refractivity contribution in [1.29, 1.82) is 0 Å². The van der Waals surface area contributed by atoms with Crippen molar-refractivity contribution in [3.8, 4) is 28.8 Å². The van der Waals surface area contributed by atoms with Gasteiger partial charge in [0.2, 0.25) is 5.88 Å². The van der Waals surface area contributed by atoms with E-state index < -0.39 is 11.9 Å². The van der Waals surface area contributed by atoms with E-state index in [4.69, 9.17) is 24.7 Å². The Morgan fingerprint density at radius 2 is 1.64 bits per heavy atom. The molecule has 2 aromatic heterocycles. The Bertz CT molecular complexity index is 1780. The molecule has 2 aliphatic rings. The van der Waals surface area contributed by atoms with Crippen LogP contribution < -0.4 is 25.3 Å². The molecule has 47 heavy (non-hydrogen) atoms. The Kier molecular flexibility index (Phi) is 9.70.